The van der Waals surface area contributed by atoms with Gasteiger partial charge in [0, 0.05) is 44.0 Å². The van der Waals surface area contributed by atoms with Gasteiger partial charge >= 0.3 is 0 Å². The quantitative estimate of drug-likeness (QED) is 0.0892. The van der Waals surface area contributed by atoms with Crippen molar-refractivity contribution >= 4 is 11.8 Å². The molecule has 2 heterocycles. The number of amides is 2. The van der Waals surface area contributed by atoms with E-state index in [9.17, 15) is 19.8 Å². The molecule has 3 aromatic rings. The molecular weight excluding hydrogens is 598 g/mol. The summed E-state index contributed by atoms with van der Waals surface area (Å²) < 4.78 is 13.1. The predicted molar refractivity (Wildman–Crippen MR) is 177 cm³/mol. The van der Waals surface area contributed by atoms with Crippen molar-refractivity contribution < 1.29 is 34.5 Å². The summed E-state index contributed by atoms with van der Waals surface area (Å²) in [4.78, 5) is 25.7. The molecule has 2 aliphatic rings. The lowest BCUT2D eigenvalue weighted by molar-refractivity contribution is -0.253. The average molecular weight is 646 g/mol. The molecule has 0 unspecified atom stereocenters. The van der Waals surface area contributed by atoms with Crippen LogP contribution in [-0.2, 0) is 32.2 Å². The van der Waals surface area contributed by atoms with Gasteiger partial charge in [0.1, 0.15) is 0 Å². The highest BCUT2D eigenvalue weighted by Crippen LogP contribution is 2.39. The third-order valence-electron chi connectivity index (χ3n) is 9.13. The van der Waals surface area contributed by atoms with Gasteiger partial charge in [-0.2, -0.15) is 0 Å². The summed E-state index contributed by atoms with van der Waals surface area (Å²) in [6.07, 6.45) is 4.69. The molecular formula is C37H47N3O7. The van der Waals surface area contributed by atoms with Gasteiger partial charge in [0.25, 0.3) is 0 Å². The van der Waals surface area contributed by atoms with Crippen molar-refractivity contribution in [3.8, 4) is 11.1 Å². The maximum absolute atomic E-state index is 12.3. The minimum Gasteiger partial charge on any atom is -0.395 e. The summed E-state index contributed by atoms with van der Waals surface area (Å²) in [5, 5.41) is 30.9. The number of hydroxylamine groups is 1. The number of nitrogens with zero attached hydrogens (tertiary/aromatic N) is 1. The lowest BCUT2D eigenvalue weighted by Gasteiger charge is -2.38. The van der Waals surface area contributed by atoms with Crippen molar-refractivity contribution in [2.45, 2.75) is 89.1 Å². The summed E-state index contributed by atoms with van der Waals surface area (Å²) in [6.45, 7) is 2.27. The zero-order valence-electron chi connectivity index (χ0n) is 26.9. The van der Waals surface area contributed by atoms with E-state index in [4.69, 9.17) is 14.7 Å². The van der Waals surface area contributed by atoms with Gasteiger partial charge in [0.2, 0.25) is 11.8 Å². The topological polar surface area (TPSA) is 141 Å². The minimum absolute atomic E-state index is 0.00190. The van der Waals surface area contributed by atoms with Crippen LogP contribution in [0.3, 0.4) is 0 Å². The fourth-order valence-electron chi connectivity index (χ4n) is 6.42. The molecule has 47 heavy (non-hydrogen) atoms. The summed E-state index contributed by atoms with van der Waals surface area (Å²) in [6, 6.07) is 24.4. The molecule has 5 N–H and O–H groups in total. The van der Waals surface area contributed by atoms with Crippen molar-refractivity contribution in [1.29, 1.82) is 0 Å². The zero-order chi connectivity index (χ0) is 33.0. The molecule has 0 radical (unpaired) electrons. The highest BCUT2D eigenvalue weighted by atomic mass is 16.7. The molecule has 2 saturated heterocycles. The number of aliphatic hydroxyl groups is 2. The van der Waals surface area contributed by atoms with Crippen molar-refractivity contribution in [2.75, 3.05) is 19.7 Å². The molecule has 0 spiro atoms. The molecule has 5 rings (SSSR count). The van der Waals surface area contributed by atoms with Gasteiger partial charge in [-0.15, -0.1) is 0 Å². The first-order valence-electron chi connectivity index (χ1n) is 16.7. The van der Waals surface area contributed by atoms with Crippen molar-refractivity contribution in [1.82, 2.24) is 15.7 Å². The minimum atomic E-state index is -0.547. The summed E-state index contributed by atoms with van der Waals surface area (Å²) in [5.41, 5.74) is 7.54. The highest BCUT2D eigenvalue weighted by molar-refractivity contribution is 5.76. The van der Waals surface area contributed by atoms with E-state index in [1.54, 1.807) is 5.48 Å². The zero-order valence-corrected chi connectivity index (χ0v) is 26.9. The van der Waals surface area contributed by atoms with Crippen LogP contribution >= 0.6 is 0 Å². The second kappa shape index (κ2) is 17.5. The number of hydrogen-bond donors (Lipinski definition) is 5. The molecule has 252 valence electrons. The van der Waals surface area contributed by atoms with Crippen molar-refractivity contribution in [3.05, 3.63) is 95.1 Å². The van der Waals surface area contributed by atoms with Crippen LogP contribution in [0.1, 0.15) is 86.0 Å². The predicted octanol–water partition coefficient (Wildman–Crippen LogP) is 4.92. The largest absolute Gasteiger partial charge is 0.395 e. The second-order valence-electron chi connectivity index (χ2n) is 12.5. The number of nitrogens with one attached hydrogen (secondary N) is 2. The molecule has 0 aromatic heterocycles. The Morgan fingerprint density at radius 3 is 2.30 bits per heavy atom. The Balaban J connectivity index is 1.20. The number of hydrogen-bond acceptors (Lipinski definition) is 8. The van der Waals surface area contributed by atoms with Crippen molar-refractivity contribution in [3.63, 3.8) is 0 Å². The summed E-state index contributed by atoms with van der Waals surface area (Å²) >= 11 is 0. The van der Waals surface area contributed by atoms with E-state index in [2.05, 4.69) is 28.4 Å². The van der Waals surface area contributed by atoms with Crippen molar-refractivity contribution in [2.24, 2.45) is 0 Å². The maximum atomic E-state index is 12.3. The van der Waals surface area contributed by atoms with E-state index < -0.39 is 12.2 Å². The van der Waals surface area contributed by atoms with E-state index in [1.807, 2.05) is 54.6 Å². The monoisotopic (exact) mass is 645 g/mol. The van der Waals surface area contributed by atoms with Gasteiger partial charge in [0.05, 0.1) is 25.4 Å². The Labute approximate surface area is 276 Å². The van der Waals surface area contributed by atoms with E-state index in [-0.39, 0.29) is 43.8 Å². The van der Waals surface area contributed by atoms with Crippen LogP contribution in [0.2, 0.25) is 0 Å². The van der Waals surface area contributed by atoms with Gasteiger partial charge in [-0.3, -0.25) is 19.7 Å². The Hall–Kier alpha value is -3.64. The lowest BCUT2D eigenvalue weighted by atomic mass is 9.98. The van der Waals surface area contributed by atoms with E-state index in [1.165, 1.54) is 0 Å². The number of likely N-dealkylation sites (tertiary alicyclic amines) is 1. The molecule has 2 amide bonds. The van der Waals surface area contributed by atoms with Gasteiger partial charge in [0.15, 0.2) is 6.29 Å². The lowest BCUT2D eigenvalue weighted by Crippen LogP contribution is -2.42. The average Bonchev–Trinajstić information content (AvgIpc) is 3.57. The fourth-order valence-corrected chi connectivity index (χ4v) is 6.42. The number of aliphatic hydroxyl groups excluding tert-OH is 2. The third-order valence-corrected chi connectivity index (χ3v) is 9.13. The van der Waals surface area contributed by atoms with Gasteiger partial charge in [-0.05, 0) is 66.1 Å². The summed E-state index contributed by atoms with van der Waals surface area (Å²) in [7, 11) is 0. The van der Waals surface area contributed by atoms with Crippen LogP contribution in [0.25, 0.3) is 11.1 Å². The number of benzene rings is 3. The molecule has 0 bridgehead atoms. The van der Waals surface area contributed by atoms with Gasteiger partial charge in [-0.1, -0.05) is 73.2 Å². The first kappa shape index (κ1) is 34.7. The van der Waals surface area contributed by atoms with Crippen LogP contribution in [0, 0.1) is 0 Å². The second-order valence-corrected chi connectivity index (χ2v) is 12.5. The van der Waals surface area contributed by atoms with Crippen LogP contribution in [0.5, 0.6) is 0 Å². The van der Waals surface area contributed by atoms with Crippen LogP contribution in [-0.4, -0.2) is 64.0 Å². The van der Waals surface area contributed by atoms with Crippen LogP contribution < -0.4 is 10.8 Å². The number of unbranched alkanes of at least 4 members (excludes halogenated alkanes) is 2. The maximum Gasteiger partial charge on any atom is 0.243 e. The fraction of sp³-hybridized carbons (Fsp3) is 0.459. The molecule has 10 nitrogen and oxygen atoms in total. The standard InChI is InChI=1S/C37H47N3O7/c41-24-26-11-13-29(14-12-26)34-21-33(23-40-19-5-8-32(40)25-42)46-37(47-34)30-17-15-28(16-18-30)31-7-4-6-27(20-31)22-38-35(43)9-2-1-3-10-36(44)39-45/h4,6-7,11-18,20,32-34,37,41-42,45H,1-3,5,8-10,19,21-25H2,(H,38,43)(H,39,44)/t32-,33-,34+,37+/m0/s1. The smallest absolute Gasteiger partial charge is 0.243 e. The van der Waals surface area contributed by atoms with E-state index in [0.717, 1.165) is 65.7 Å². The normalized spacial score (nSPS) is 21.4. The number of carbonyl (C=O) groups is 2. The van der Waals surface area contributed by atoms with Crippen LogP contribution in [0.15, 0.2) is 72.8 Å². The first-order valence-corrected chi connectivity index (χ1v) is 16.7. The molecule has 0 saturated carbocycles. The molecule has 3 aromatic carbocycles. The molecule has 2 fully saturated rings. The Morgan fingerprint density at radius 2 is 1.57 bits per heavy atom. The molecule has 2 aliphatic heterocycles. The SMILES string of the molecule is O=C(CCCCCC(=O)NCc1cccc(-c2ccc([C@@H]3O[C@H](CN4CCC[C@H]4CO)C[C@H](c4ccc(CO)cc4)O3)cc2)c1)NO. The number of carbonyl (C=O) groups excluding carboxylic acids is 2. The molecule has 10 heteroatoms. The number of ether oxygens (including phenoxy) is 2. The Bertz CT molecular complexity index is 1430. The number of rotatable bonds is 15. The van der Waals surface area contributed by atoms with Gasteiger partial charge in [-0.25, -0.2) is 5.48 Å². The van der Waals surface area contributed by atoms with E-state index in [0.29, 0.717) is 32.2 Å². The Kier molecular flexibility index (Phi) is 12.9. The Morgan fingerprint density at radius 1 is 0.830 bits per heavy atom. The van der Waals surface area contributed by atoms with Crippen LogP contribution in [0.4, 0.5) is 0 Å². The molecule has 0 aliphatic carbocycles. The van der Waals surface area contributed by atoms with E-state index >= 15 is 0 Å². The highest BCUT2D eigenvalue weighted by Gasteiger charge is 2.35. The summed E-state index contributed by atoms with van der Waals surface area (Å²) in [5.74, 6) is -0.439. The third kappa shape index (κ3) is 9.93. The molecule has 4 atom stereocenters. The van der Waals surface area contributed by atoms with Gasteiger partial charge < -0.3 is 25.0 Å². The first-order chi connectivity index (χ1) is 22.9.